The molecular weight excluding hydrogens is 336 g/mol. The number of anilines is 1. The highest BCUT2D eigenvalue weighted by molar-refractivity contribution is 7.91. The van der Waals surface area contributed by atoms with Gasteiger partial charge in [-0.2, -0.15) is 0 Å². The monoisotopic (exact) mass is 354 g/mol. The van der Waals surface area contributed by atoms with Gasteiger partial charge in [0.15, 0.2) is 15.0 Å². The van der Waals surface area contributed by atoms with E-state index < -0.39 is 15.8 Å². The fourth-order valence-corrected chi connectivity index (χ4v) is 5.40. The van der Waals surface area contributed by atoms with Gasteiger partial charge in [-0.25, -0.2) is 13.4 Å². The molecule has 2 heterocycles. The average Bonchev–Trinajstić information content (AvgIpc) is 3.10. The minimum Gasteiger partial charge on any atom is -0.383 e. The number of methoxy groups -OCH3 is 1. The van der Waals surface area contributed by atoms with Crippen LogP contribution in [0.4, 0.5) is 5.13 Å². The van der Waals surface area contributed by atoms with Gasteiger partial charge in [-0.1, -0.05) is 23.5 Å². The zero-order valence-electron chi connectivity index (χ0n) is 12.8. The third-order valence-corrected chi connectivity index (χ3v) is 6.71. The Kier molecular flexibility index (Phi) is 4.65. The van der Waals surface area contributed by atoms with Crippen molar-refractivity contribution >= 4 is 42.4 Å². The Balaban J connectivity index is 1.89. The fourth-order valence-electron chi connectivity index (χ4n) is 2.67. The molecule has 1 amide bonds. The van der Waals surface area contributed by atoms with Gasteiger partial charge in [0.2, 0.25) is 5.91 Å². The van der Waals surface area contributed by atoms with Gasteiger partial charge in [-0.05, 0) is 18.6 Å². The van der Waals surface area contributed by atoms with Crippen LogP contribution in [0, 0.1) is 5.92 Å². The number of aromatic nitrogens is 1. The van der Waals surface area contributed by atoms with Crippen LogP contribution in [0.15, 0.2) is 24.3 Å². The van der Waals surface area contributed by atoms with Crippen LogP contribution in [-0.2, 0) is 19.4 Å². The molecule has 8 heteroatoms. The second kappa shape index (κ2) is 6.54. The summed E-state index contributed by atoms with van der Waals surface area (Å²) in [5.41, 5.74) is 0.835. The Morgan fingerprint density at radius 3 is 2.87 bits per heavy atom. The number of rotatable bonds is 5. The second-order valence-corrected chi connectivity index (χ2v) is 8.78. The van der Waals surface area contributed by atoms with E-state index in [0.717, 1.165) is 10.2 Å². The summed E-state index contributed by atoms with van der Waals surface area (Å²) < 4.78 is 29.4. The number of amides is 1. The Bertz CT molecular complexity index is 783. The van der Waals surface area contributed by atoms with E-state index in [1.807, 2.05) is 24.3 Å². The predicted octanol–water partition coefficient (Wildman–Crippen LogP) is 1.71. The number of sulfone groups is 1. The lowest BCUT2D eigenvalue weighted by atomic mass is 10.1. The normalized spacial score (nSPS) is 20.0. The summed E-state index contributed by atoms with van der Waals surface area (Å²) >= 11 is 1.43. The van der Waals surface area contributed by atoms with Gasteiger partial charge in [0, 0.05) is 7.11 Å². The summed E-state index contributed by atoms with van der Waals surface area (Å²) in [6.07, 6.45) is 0.384. The van der Waals surface area contributed by atoms with Crippen molar-refractivity contribution in [3.63, 3.8) is 0 Å². The standard InChI is InChI=1S/C15H18N2O4S2/c1-21-8-7-17(14(18)11-6-9-23(19,20)10-11)15-16-12-4-2-3-5-13(12)22-15/h2-5,11H,6-10H2,1H3. The van der Waals surface area contributed by atoms with E-state index in [1.54, 1.807) is 12.0 Å². The first-order chi connectivity index (χ1) is 11.0. The maximum Gasteiger partial charge on any atom is 0.233 e. The van der Waals surface area contributed by atoms with E-state index >= 15 is 0 Å². The molecule has 0 bridgehead atoms. The summed E-state index contributed by atoms with van der Waals surface area (Å²) in [6, 6.07) is 7.68. The Morgan fingerprint density at radius 1 is 1.43 bits per heavy atom. The van der Waals surface area contributed by atoms with Crippen molar-refractivity contribution in [3.8, 4) is 0 Å². The average molecular weight is 354 g/mol. The van der Waals surface area contributed by atoms with E-state index in [4.69, 9.17) is 4.74 Å². The highest BCUT2D eigenvalue weighted by Crippen LogP contribution is 2.31. The van der Waals surface area contributed by atoms with Crippen LogP contribution in [0.3, 0.4) is 0 Å². The van der Waals surface area contributed by atoms with Crippen molar-refractivity contribution in [1.82, 2.24) is 4.98 Å². The number of ether oxygens (including phenoxy) is 1. The topological polar surface area (TPSA) is 76.6 Å². The van der Waals surface area contributed by atoms with Crippen molar-refractivity contribution in [2.24, 2.45) is 5.92 Å². The van der Waals surface area contributed by atoms with Gasteiger partial charge in [-0.15, -0.1) is 0 Å². The molecule has 1 aliphatic rings. The number of carbonyl (C=O) groups is 1. The first-order valence-corrected chi connectivity index (χ1v) is 10.0. The van der Waals surface area contributed by atoms with E-state index in [0.29, 0.717) is 24.7 Å². The molecule has 23 heavy (non-hydrogen) atoms. The summed E-state index contributed by atoms with van der Waals surface area (Å²) in [5, 5.41) is 0.595. The van der Waals surface area contributed by atoms with E-state index in [-0.39, 0.29) is 17.4 Å². The molecule has 0 radical (unpaired) electrons. The third-order valence-electron chi connectivity index (χ3n) is 3.88. The van der Waals surface area contributed by atoms with Crippen molar-refractivity contribution in [1.29, 1.82) is 0 Å². The third kappa shape index (κ3) is 3.54. The SMILES string of the molecule is COCCN(C(=O)C1CCS(=O)(=O)C1)c1nc2ccccc2s1. The maximum absolute atomic E-state index is 12.8. The molecule has 124 valence electrons. The molecule has 0 aliphatic carbocycles. The molecular formula is C15H18N2O4S2. The van der Waals surface area contributed by atoms with Crippen molar-refractivity contribution in [3.05, 3.63) is 24.3 Å². The largest absolute Gasteiger partial charge is 0.383 e. The predicted molar refractivity (Wildman–Crippen MR) is 90.6 cm³/mol. The Morgan fingerprint density at radius 2 is 2.22 bits per heavy atom. The molecule has 1 saturated heterocycles. The molecule has 2 aromatic rings. The molecule has 1 aliphatic heterocycles. The number of benzene rings is 1. The van der Waals surface area contributed by atoms with Gasteiger partial charge < -0.3 is 4.74 Å². The molecule has 0 N–H and O–H groups in total. The second-order valence-electron chi connectivity index (χ2n) is 5.55. The molecule has 0 saturated carbocycles. The van der Waals surface area contributed by atoms with Crippen molar-refractivity contribution < 1.29 is 17.9 Å². The molecule has 6 nitrogen and oxygen atoms in total. The molecule has 1 fully saturated rings. The number of carbonyl (C=O) groups excluding carboxylic acids is 1. The molecule has 1 aromatic carbocycles. The van der Waals surface area contributed by atoms with E-state index in [2.05, 4.69) is 4.98 Å². The zero-order chi connectivity index (χ0) is 16.4. The van der Waals surface area contributed by atoms with E-state index in [9.17, 15) is 13.2 Å². The quantitative estimate of drug-likeness (QED) is 0.817. The first-order valence-electron chi connectivity index (χ1n) is 7.36. The summed E-state index contributed by atoms with van der Waals surface area (Å²) in [5.74, 6) is -0.646. The van der Waals surface area contributed by atoms with Crippen LogP contribution in [0.5, 0.6) is 0 Å². The number of hydrogen-bond acceptors (Lipinski definition) is 6. The summed E-state index contributed by atoms with van der Waals surface area (Å²) in [7, 11) is -1.53. The zero-order valence-corrected chi connectivity index (χ0v) is 14.4. The Labute approximate surface area is 139 Å². The van der Waals surface area contributed by atoms with Crippen LogP contribution in [0.2, 0.25) is 0 Å². The summed E-state index contributed by atoms with van der Waals surface area (Å²) in [4.78, 5) is 18.9. The number of thiazole rings is 1. The van der Waals surface area contributed by atoms with Crippen LogP contribution >= 0.6 is 11.3 Å². The van der Waals surface area contributed by atoms with Crippen molar-refractivity contribution in [2.75, 3.05) is 36.7 Å². The van der Waals surface area contributed by atoms with Crippen LogP contribution in [0.1, 0.15) is 6.42 Å². The van der Waals surface area contributed by atoms with E-state index in [1.165, 1.54) is 11.3 Å². The van der Waals surface area contributed by atoms with Crippen molar-refractivity contribution in [2.45, 2.75) is 6.42 Å². The van der Waals surface area contributed by atoms with Gasteiger partial charge >= 0.3 is 0 Å². The first kappa shape index (κ1) is 16.4. The van der Waals surface area contributed by atoms with Crippen LogP contribution in [-0.4, -0.2) is 51.1 Å². The van der Waals surface area contributed by atoms with Gasteiger partial charge in [0.05, 0.1) is 40.8 Å². The lowest BCUT2D eigenvalue weighted by Crippen LogP contribution is -2.39. The number of nitrogens with zero attached hydrogens (tertiary/aromatic N) is 2. The highest BCUT2D eigenvalue weighted by Gasteiger charge is 2.36. The van der Waals surface area contributed by atoms with Gasteiger partial charge in [0.25, 0.3) is 0 Å². The van der Waals surface area contributed by atoms with Crippen LogP contribution in [0.25, 0.3) is 10.2 Å². The fraction of sp³-hybridized carbons (Fsp3) is 0.467. The minimum atomic E-state index is -3.10. The minimum absolute atomic E-state index is 0.0692. The summed E-state index contributed by atoms with van der Waals surface area (Å²) in [6.45, 7) is 0.743. The molecule has 3 rings (SSSR count). The lowest BCUT2D eigenvalue weighted by Gasteiger charge is -2.22. The van der Waals surface area contributed by atoms with Gasteiger partial charge in [0.1, 0.15) is 0 Å². The van der Waals surface area contributed by atoms with Crippen LogP contribution < -0.4 is 4.90 Å². The number of para-hydroxylation sites is 1. The smallest absolute Gasteiger partial charge is 0.233 e. The highest BCUT2D eigenvalue weighted by atomic mass is 32.2. The molecule has 1 aromatic heterocycles. The number of fused-ring (bicyclic) bond motifs is 1. The number of hydrogen-bond donors (Lipinski definition) is 0. The lowest BCUT2D eigenvalue weighted by molar-refractivity contribution is -0.121. The Hall–Kier alpha value is -1.51. The maximum atomic E-state index is 12.8. The molecule has 1 unspecified atom stereocenters. The van der Waals surface area contributed by atoms with Gasteiger partial charge in [-0.3, -0.25) is 9.69 Å². The molecule has 0 spiro atoms. The molecule has 1 atom stereocenters.